The third kappa shape index (κ3) is 4.82. The van der Waals surface area contributed by atoms with E-state index in [-0.39, 0.29) is 5.97 Å². The van der Waals surface area contributed by atoms with Gasteiger partial charge in [0.15, 0.2) is 0 Å². The van der Waals surface area contributed by atoms with E-state index in [4.69, 9.17) is 4.74 Å². The van der Waals surface area contributed by atoms with Gasteiger partial charge in [0.25, 0.3) is 0 Å². The molecule has 0 spiro atoms. The number of anilines is 3. The maximum atomic E-state index is 12.1. The van der Waals surface area contributed by atoms with Crippen LogP contribution in [0.25, 0.3) is 0 Å². The molecule has 0 aliphatic rings. The summed E-state index contributed by atoms with van der Waals surface area (Å²) in [4.78, 5) is 20.6. The summed E-state index contributed by atoms with van der Waals surface area (Å²) in [5.41, 5.74) is 3.53. The van der Waals surface area contributed by atoms with Gasteiger partial charge in [-0.2, -0.15) is 0 Å². The first-order valence-electron chi connectivity index (χ1n) is 8.81. The van der Waals surface area contributed by atoms with Gasteiger partial charge in [-0.25, -0.2) is 14.8 Å². The molecule has 0 unspecified atom stereocenters. The van der Waals surface area contributed by atoms with Crippen molar-refractivity contribution >= 4 is 23.3 Å². The van der Waals surface area contributed by atoms with Crippen LogP contribution in [-0.2, 0) is 11.3 Å². The lowest BCUT2D eigenvalue weighted by Gasteiger charge is -2.12. The fourth-order valence-electron chi connectivity index (χ4n) is 2.63. The predicted molar refractivity (Wildman–Crippen MR) is 106 cm³/mol. The Hall–Kier alpha value is -3.41. The van der Waals surface area contributed by atoms with Crippen molar-refractivity contribution in [1.82, 2.24) is 9.97 Å². The summed E-state index contributed by atoms with van der Waals surface area (Å²) >= 11 is 0. The number of para-hydroxylation sites is 1. The van der Waals surface area contributed by atoms with Crippen LogP contribution in [-0.4, -0.2) is 22.5 Å². The molecule has 6 nitrogen and oxygen atoms in total. The smallest absolute Gasteiger partial charge is 0.340 e. The zero-order chi connectivity index (χ0) is 19.1. The molecule has 1 heterocycles. The topological polar surface area (TPSA) is 76.1 Å². The maximum Gasteiger partial charge on any atom is 0.340 e. The van der Waals surface area contributed by atoms with Crippen LogP contribution in [0.3, 0.4) is 0 Å². The average molecular weight is 362 g/mol. The van der Waals surface area contributed by atoms with Crippen molar-refractivity contribution in [1.29, 1.82) is 0 Å². The molecule has 0 saturated heterocycles. The van der Waals surface area contributed by atoms with E-state index in [0.717, 1.165) is 0 Å². The van der Waals surface area contributed by atoms with Gasteiger partial charge in [-0.1, -0.05) is 36.4 Å². The summed E-state index contributed by atoms with van der Waals surface area (Å²) < 4.78 is 5.10. The van der Waals surface area contributed by atoms with Crippen LogP contribution in [0.5, 0.6) is 0 Å². The third-order valence-electron chi connectivity index (χ3n) is 4.07. The number of hydrogen-bond donors (Lipinski definition) is 2. The summed E-state index contributed by atoms with van der Waals surface area (Å²) in [6.07, 6.45) is 1.48. The maximum absolute atomic E-state index is 12.1. The van der Waals surface area contributed by atoms with Gasteiger partial charge < -0.3 is 15.4 Å². The zero-order valence-corrected chi connectivity index (χ0v) is 15.4. The van der Waals surface area contributed by atoms with Crippen LogP contribution in [0.1, 0.15) is 28.4 Å². The van der Waals surface area contributed by atoms with E-state index in [1.165, 1.54) is 17.5 Å². The highest BCUT2D eigenvalue weighted by molar-refractivity contribution is 5.96. The fraction of sp³-hybridized carbons (Fsp3) is 0.190. The van der Waals surface area contributed by atoms with Crippen molar-refractivity contribution < 1.29 is 9.53 Å². The molecular weight excluding hydrogens is 340 g/mol. The standard InChI is InChI=1S/C21H22N4O2/c1-3-27-21(26)17-10-6-7-11-18(17)25-20-12-19(23-14-24-20)22-13-16-9-5-4-8-15(16)2/h4-12,14H,3,13H2,1-2H3,(H2,22,23,24,25). The molecule has 27 heavy (non-hydrogen) atoms. The Morgan fingerprint density at radius 2 is 1.78 bits per heavy atom. The Bertz CT molecular complexity index is 927. The van der Waals surface area contributed by atoms with Gasteiger partial charge >= 0.3 is 5.97 Å². The number of ether oxygens (including phenoxy) is 1. The molecule has 0 amide bonds. The number of aryl methyl sites for hydroxylation is 1. The van der Waals surface area contributed by atoms with Crippen molar-refractivity contribution in [2.45, 2.75) is 20.4 Å². The number of aromatic nitrogens is 2. The molecule has 0 atom stereocenters. The monoisotopic (exact) mass is 362 g/mol. The SMILES string of the molecule is CCOC(=O)c1ccccc1Nc1cc(NCc2ccccc2C)ncn1. The van der Waals surface area contributed by atoms with Crippen LogP contribution in [0, 0.1) is 6.92 Å². The highest BCUT2D eigenvalue weighted by Gasteiger charge is 2.12. The second-order valence-electron chi connectivity index (χ2n) is 5.96. The van der Waals surface area contributed by atoms with E-state index in [1.807, 2.05) is 24.3 Å². The van der Waals surface area contributed by atoms with Crippen molar-refractivity contribution in [3.8, 4) is 0 Å². The minimum absolute atomic E-state index is 0.327. The zero-order valence-electron chi connectivity index (χ0n) is 15.4. The number of nitrogens with zero attached hydrogens (tertiary/aromatic N) is 2. The first kappa shape index (κ1) is 18.4. The number of benzene rings is 2. The molecule has 6 heteroatoms. The molecular formula is C21H22N4O2. The molecule has 0 aliphatic heterocycles. The van der Waals surface area contributed by atoms with Crippen LogP contribution < -0.4 is 10.6 Å². The number of hydrogen-bond acceptors (Lipinski definition) is 6. The van der Waals surface area contributed by atoms with Gasteiger partial charge in [-0.05, 0) is 37.1 Å². The largest absolute Gasteiger partial charge is 0.462 e. The predicted octanol–water partition coefficient (Wildman–Crippen LogP) is 4.32. The van der Waals surface area contributed by atoms with Gasteiger partial charge in [0.2, 0.25) is 0 Å². The molecule has 1 aromatic heterocycles. The molecule has 0 bridgehead atoms. The minimum Gasteiger partial charge on any atom is -0.462 e. The molecule has 0 radical (unpaired) electrons. The highest BCUT2D eigenvalue weighted by Crippen LogP contribution is 2.21. The second-order valence-corrected chi connectivity index (χ2v) is 5.96. The number of carbonyl (C=O) groups excluding carboxylic acids is 1. The normalized spacial score (nSPS) is 10.3. The minimum atomic E-state index is -0.368. The summed E-state index contributed by atoms with van der Waals surface area (Å²) in [6.45, 7) is 4.86. The number of esters is 1. The van der Waals surface area contributed by atoms with Gasteiger partial charge in [-0.15, -0.1) is 0 Å². The number of rotatable bonds is 7. The van der Waals surface area contributed by atoms with E-state index < -0.39 is 0 Å². The number of carbonyl (C=O) groups is 1. The van der Waals surface area contributed by atoms with E-state index in [2.05, 4.69) is 39.7 Å². The molecule has 138 valence electrons. The quantitative estimate of drug-likeness (QED) is 0.610. The van der Waals surface area contributed by atoms with Crippen LogP contribution in [0.2, 0.25) is 0 Å². The highest BCUT2D eigenvalue weighted by atomic mass is 16.5. The Labute approximate surface area is 158 Å². The third-order valence-corrected chi connectivity index (χ3v) is 4.07. The van der Waals surface area contributed by atoms with E-state index >= 15 is 0 Å². The Morgan fingerprint density at radius 1 is 1.04 bits per heavy atom. The molecule has 3 rings (SSSR count). The Morgan fingerprint density at radius 3 is 2.59 bits per heavy atom. The van der Waals surface area contributed by atoms with E-state index in [1.54, 1.807) is 25.1 Å². The van der Waals surface area contributed by atoms with Crippen molar-refractivity contribution in [3.05, 3.63) is 77.6 Å². The molecule has 2 N–H and O–H groups in total. The molecule has 3 aromatic rings. The van der Waals surface area contributed by atoms with E-state index in [9.17, 15) is 4.79 Å². The lowest BCUT2D eigenvalue weighted by Crippen LogP contribution is -2.08. The molecule has 0 aliphatic carbocycles. The summed E-state index contributed by atoms with van der Waals surface area (Å²) in [5, 5.41) is 6.47. The van der Waals surface area contributed by atoms with Crippen LogP contribution in [0.4, 0.5) is 17.3 Å². The summed E-state index contributed by atoms with van der Waals surface area (Å²) in [6, 6.07) is 17.2. The van der Waals surface area contributed by atoms with Gasteiger partial charge in [-0.3, -0.25) is 0 Å². The molecule has 0 saturated carbocycles. The van der Waals surface area contributed by atoms with Crippen molar-refractivity contribution in [2.24, 2.45) is 0 Å². The van der Waals surface area contributed by atoms with E-state index in [0.29, 0.717) is 36.0 Å². The first-order valence-corrected chi connectivity index (χ1v) is 8.81. The first-order chi connectivity index (χ1) is 13.2. The van der Waals surface area contributed by atoms with Crippen molar-refractivity contribution in [3.63, 3.8) is 0 Å². The van der Waals surface area contributed by atoms with Gasteiger partial charge in [0.05, 0.1) is 17.9 Å². The average Bonchev–Trinajstić information content (AvgIpc) is 2.68. The lowest BCUT2D eigenvalue weighted by atomic mass is 10.1. The Balaban J connectivity index is 1.73. The second kappa shape index (κ2) is 8.80. The summed E-state index contributed by atoms with van der Waals surface area (Å²) in [7, 11) is 0. The van der Waals surface area contributed by atoms with Gasteiger partial charge in [0.1, 0.15) is 18.0 Å². The van der Waals surface area contributed by atoms with Crippen molar-refractivity contribution in [2.75, 3.05) is 17.2 Å². The van der Waals surface area contributed by atoms with Crippen LogP contribution >= 0.6 is 0 Å². The molecule has 0 fully saturated rings. The fourth-order valence-corrected chi connectivity index (χ4v) is 2.63. The lowest BCUT2D eigenvalue weighted by molar-refractivity contribution is 0.0527. The van der Waals surface area contributed by atoms with Crippen LogP contribution in [0.15, 0.2) is 60.9 Å². The van der Waals surface area contributed by atoms with Gasteiger partial charge in [0, 0.05) is 12.6 Å². The number of nitrogens with one attached hydrogen (secondary N) is 2. The summed E-state index contributed by atoms with van der Waals surface area (Å²) in [5.74, 6) is 0.922. The molecule has 2 aromatic carbocycles. The Kier molecular flexibility index (Phi) is 5.99.